The van der Waals surface area contributed by atoms with Crippen LogP contribution in [0.3, 0.4) is 0 Å². The van der Waals surface area contributed by atoms with Crippen molar-refractivity contribution < 1.29 is 39.8 Å². The summed E-state index contributed by atoms with van der Waals surface area (Å²) in [5.41, 5.74) is 0. The molecule has 0 aliphatic carbocycles. The quantitative estimate of drug-likeness (QED) is 0.0271. The number of hydrogen-bond acceptors (Lipinski definition) is 8. The Kier molecular flexibility index (Phi) is 35.0. The molecule has 0 radical (unpaired) electrons. The van der Waals surface area contributed by atoms with Crippen LogP contribution in [0.15, 0.2) is 72.9 Å². The van der Waals surface area contributed by atoms with E-state index < -0.39 is 49.5 Å². The smallest absolute Gasteiger partial charge is 0.220 e. The molecule has 9 nitrogen and oxygen atoms in total. The van der Waals surface area contributed by atoms with E-state index in [9.17, 15) is 30.3 Å². The van der Waals surface area contributed by atoms with Crippen molar-refractivity contribution in [1.29, 1.82) is 0 Å². The predicted molar refractivity (Wildman–Crippen MR) is 235 cm³/mol. The molecular weight excluding hydrogens is 719 g/mol. The van der Waals surface area contributed by atoms with E-state index in [1.54, 1.807) is 6.08 Å². The van der Waals surface area contributed by atoms with Crippen molar-refractivity contribution >= 4 is 5.91 Å². The largest absolute Gasteiger partial charge is 0.394 e. The van der Waals surface area contributed by atoms with Crippen LogP contribution in [0.1, 0.15) is 168 Å². The van der Waals surface area contributed by atoms with Crippen LogP contribution in [-0.4, -0.2) is 87.5 Å². The summed E-state index contributed by atoms with van der Waals surface area (Å²) < 4.78 is 11.2. The summed E-state index contributed by atoms with van der Waals surface area (Å²) in [6, 6.07) is -0.823. The average molecular weight is 802 g/mol. The first-order valence-electron chi connectivity index (χ1n) is 22.7. The van der Waals surface area contributed by atoms with Gasteiger partial charge in [0.05, 0.1) is 25.4 Å². The maximum absolute atomic E-state index is 12.9. The molecule has 0 bridgehead atoms. The maximum Gasteiger partial charge on any atom is 0.220 e. The van der Waals surface area contributed by atoms with Crippen molar-refractivity contribution in [3.8, 4) is 0 Å². The van der Waals surface area contributed by atoms with Gasteiger partial charge < -0.3 is 40.3 Å². The van der Waals surface area contributed by atoms with E-state index in [1.807, 2.05) is 6.08 Å². The number of aliphatic hydroxyl groups excluding tert-OH is 5. The minimum Gasteiger partial charge on any atom is -0.394 e. The van der Waals surface area contributed by atoms with Crippen LogP contribution in [0, 0.1) is 0 Å². The lowest BCUT2D eigenvalue weighted by molar-refractivity contribution is -0.302. The number of hydrogen-bond donors (Lipinski definition) is 6. The fraction of sp³-hybridized carbons (Fsp3) is 0.729. The highest BCUT2D eigenvalue weighted by Crippen LogP contribution is 2.22. The Labute approximate surface area is 347 Å². The first-order chi connectivity index (χ1) is 27.8. The van der Waals surface area contributed by atoms with Crippen LogP contribution < -0.4 is 5.32 Å². The molecule has 328 valence electrons. The molecule has 1 aliphatic rings. The minimum absolute atomic E-state index is 0.196. The van der Waals surface area contributed by atoms with Crippen molar-refractivity contribution in [3.63, 3.8) is 0 Å². The van der Waals surface area contributed by atoms with Crippen molar-refractivity contribution in [3.05, 3.63) is 72.9 Å². The molecule has 0 aromatic heterocycles. The molecule has 1 amide bonds. The minimum atomic E-state index is -1.57. The molecule has 6 N–H and O–H groups in total. The number of carbonyl (C=O) groups is 1. The van der Waals surface area contributed by atoms with Crippen molar-refractivity contribution in [2.45, 2.75) is 211 Å². The summed E-state index contributed by atoms with van der Waals surface area (Å²) in [7, 11) is 0. The second-order valence-corrected chi connectivity index (χ2v) is 15.5. The summed E-state index contributed by atoms with van der Waals surface area (Å²) in [4.78, 5) is 12.9. The first kappa shape index (κ1) is 52.6. The first-order valence-corrected chi connectivity index (χ1v) is 22.7. The van der Waals surface area contributed by atoms with Gasteiger partial charge >= 0.3 is 0 Å². The zero-order valence-corrected chi connectivity index (χ0v) is 35.8. The monoisotopic (exact) mass is 802 g/mol. The SMILES string of the molecule is CC/C=C\C/C=C\C/C=C\C/C=C\CCCCCCCCCCCCCCC(=O)NC(COC1OC(CO)C(O)C(O)C1O)C(O)/C=C/CC/C=C/CCCCC. The highest BCUT2D eigenvalue weighted by molar-refractivity contribution is 5.76. The topological polar surface area (TPSA) is 149 Å². The number of amides is 1. The van der Waals surface area contributed by atoms with Gasteiger partial charge in [-0.1, -0.05) is 164 Å². The van der Waals surface area contributed by atoms with Gasteiger partial charge in [0.1, 0.15) is 24.4 Å². The molecule has 0 spiro atoms. The lowest BCUT2D eigenvalue weighted by Gasteiger charge is -2.40. The molecule has 1 saturated heterocycles. The van der Waals surface area contributed by atoms with Crippen molar-refractivity contribution in [2.24, 2.45) is 0 Å². The Bertz CT molecular complexity index is 1120. The highest BCUT2D eigenvalue weighted by atomic mass is 16.7. The predicted octanol–water partition coefficient (Wildman–Crippen LogP) is 9.39. The fourth-order valence-electron chi connectivity index (χ4n) is 6.63. The number of aliphatic hydroxyl groups is 5. The van der Waals surface area contributed by atoms with Crippen LogP contribution in [0.5, 0.6) is 0 Å². The van der Waals surface area contributed by atoms with E-state index >= 15 is 0 Å². The van der Waals surface area contributed by atoms with E-state index in [4.69, 9.17) is 9.47 Å². The summed E-state index contributed by atoms with van der Waals surface area (Å²) in [6.07, 6.45) is 43.9. The molecule has 1 aliphatic heterocycles. The lowest BCUT2D eigenvalue weighted by Crippen LogP contribution is -2.60. The molecule has 0 aromatic rings. The normalized spacial score (nSPS) is 21.7. The van der Waals surface area contributed by atoms with E-state index in [2.05, 4.69) is 79.9 Å². The van der Waals surface area contributed by atoms with Crippen LogP contribution in [0.25, 0.3) is 0 Å². The molecule has 1 fully saturated rings. The molecule has 57 heavy (non-hydrogen) atoms. The van der Waals surface area contributed by atoms with Crippen LogP contribution in [-0.2, 0) is 14.3 Å². The zero-order chi connectivity index (χ0) is 41.6. The van der Waals surface area contributed by atoms with Gasteiger partial charge in [-0.25, -0.2) is 0 Å². The molecule has 0 saturated carbocycles. The Morgan fingerprint density at radius 1 is 0.614 bits per heavy atom. The number of allylic oxidation sites excluding steroid dienone is 11. The van der Waals surface area contributed by atoms with E-state index in [1.165, 1.54) is 83.5 Å². The third-order valence-electron chi connectivity index (χ3n) is 10.3. The summed E-state index contributed by atoms with van der Waals surface area (Å²) in [5.74, 6) is -0.196. The third-order valence-corrected chi connectivity index (χ3v) is 10.3. The summed E-state index contributed by atoms with van der Waals surface area (Å²) >= 11 is 0. The van der Waals surface area contributed by atoms with Gasteiger partial charge in [-0.3, -0.25) is 4.79 Å². The average Bonchev–Trinajstić information content (AvgIpc) is 3.21. The molecule has 0 aromatic carbocycles. The van der Waals surface area contributed by atoms with E-state index in [0.717, 1.165) is 64.2 Å². The number of unbranched alkanes of at least 4 members (excludes halogenated alkanes) is 16. The Hall–Kier alpha value is -2.37. The standard InChI is InChI=1S/C48H83NO8/c1-3-5-7-9-11-13-14-15-16-17-18-19-20-21-22-23-24-25-26-27-28-30-32-34-36-38-44(52)49-41(42(51)37-35-33-31-29-12-10-8-6-4-2)40-56-48-47(55)46(54)45(53)43(39-50)57-48/h5,7,11-13,15-16,18-19,29,35,37,41-43,45-48,50-51,53-55H,3-4,6,8-10,14,17,20-28,30-34,36,38-40H2,1-2H3,(H,49,52)/b7-5-,13-11-,16-15-,19-18-,29-12+,37-35+. The van der Waals surface area contributed by atoms with Gasteiger partial charge in [0.25, 0.3) is 0 Å². The fourth-order valence-corrected chi connectivity index (χ4v) is 6.63. The van der Waals surface area contributed by atoms with Crippen molar-refractivity contribution in [2.75, 3.05) is 13.2 Å². The number of rotatable bonds is 36. The van der Waals surface area contributed by atoms with Crippen molar-refractivity contribution in [1.82, 2.24) is 5.32 Å². The molecule has 1 rings (SSSR count). The molecule has 7 atom stereocenters. The van der Waals surface area contributed by atoms with Gasteiger partial charge in [-0.05, 0) is 70.6 Å². The Morgan fingerprint density at radius 2 is 1.11 bits per heavy atom. The molecular formula is C48H83NO8. The van der Waals surface area contributed by atoms with Crippen LogP contribution in [0.2, 0.25) is 0 Å². The van der Waals surface area contributed by atoms with Gasteiger partial charge in [-0.2, -0.15) is 0 Å². The van der Waals surface area contributed by atoms with Gasteiger partial charge in [-0.15, -0.1) is 0 Å². The Balaban J connectivity index is 2.24. The second kappa shape index (κ2) is 37.9. The second-order valence-electron chi connectivity index (χ2n) is 15.5. The van der Waals surface area contributed by atoms with Crippen LogP contribution in [0.4, 0.5) is 0 Å². The van der Waals surface area contributed by atoms with Gasteiger partial charge in [0.2, 0.25) is 5.91 Å². The Morgan fingerprint density at radius 3 is 1.68 bits per heavy atom. The van der Waals surface area contributed by atoms with E-state index in [0.29, 0.717) is 6.42 Å². The summed E-state index contributed by atoms with van der Waals surface area (Å²) in [5, 5.41) is 54.0. The number of ether oxygens (including phenoxy) is 2. The maximum atomic E-state index is 12.9. The number of nitrogens with one attached hydrogen (secondary N) is 1. The molecule has 9 heteroatoms. The molecule has 7 unspecified atom stereocenters. The molecule has 1 heterocycles. The van der Waals surface area contributed by atoms with Crippen LogP contribution >= 0.6 is 0 Å². The third kappa shape index (κ3) is 28.7. The lowest BCUT2D eigenvalue weighted by atomic mass is 9.99. The number of carbonyl (C=O) groups excluding carboxylic acids is 1. The summed E-state index contributed by atoms with van der Waals surface area (Å²) in [6.45, 7) is 3.57. The zero-order valence-electron chi connectivity index (χ0n) is 35.8. The highest BCUT2D eigenvalue weighted by Gasteiger charge is 2.44. The van der Waals surface area contributed by atoms with E-state index in [-0.39, 0.29) is 12.5 Å². The van der Waals surface area contributed by atoms with Gasteiger partial charge in [0, 0.05) is 6.42 Å². The van der Waals surface area contributed by atoms with Gasteiger partial charge in [0.15, 0.2) is 6.29 Å².